The molecule has 0 saturated heterocycles. The van der Waals surface area contributed by atoms with Gasteiger partial charge in [0.05, 0.1) is 18.8 Å². The van der Waals surface area contributed by atoms with Gasteiger partial charge in [0.1, 0.15) is 0 Å². The highest BCUT2D eigenvalue weighted by atomic mass is 16.5. The molecule has 0 heterocycles. The number of aliphatic hydroxyl groups is 1. The highest BCUT2D eigenvalue weighted by molar-refractivity contribution is 5.21. The molecule has 3 heteroatoms. The Labute approximate surface area is 109 Å². The molecule has 100 valence electrons. The van der Waals surface area contributed by atoms with Crippen molar-refractivity contribution in [2.24, 2.45) is 11.7 Å². The molecule has 1 aliphatic carbocycles. The Morgan fingerprint density at radius 3 is 2.50 bits per heavy atom. The van der Waals surface area contributed by atoms with E-state index in [9.17, 15) is 0 Å². The lowest BCUT2D eigenvalue weighted by Crippen LogP contribution is -2.38. The lowest BCUT2D eigenvalue weighted by atomic mass is 10.0. The summed E-state index contributed by atoms with van der Waals surface area (Å²) in [4.78, 5) is 0. The molecule has 2 atom stereocenters. The van der Waals surface area contributed by atoms with Gasteiger partial charge in [0.25, 0.3) is 0 Å². The summed E-state index contributed by atoms with van der Waals surface area (Å²) in [5.41, 5.74) is 7.84. The van der Waals surface area contributed by atoms with Crippen LogP contribution in [0.4, 0.5) is 0 Å². The molecule has 0 amide bonds. The van der Waals surface area contributed by atoms with Gasteiger partial charge in [0, 0.05) is 6.54 Å². The lowest BCUT2D eigenvalue weighted by molar-refractivity contribution is -0.0471. The maximum Gasteiger partial charge on any atom is 0.0811 e. The Morgan fingerprint density at radius 1 is 1.33 bits per heavy atom. The van der Waals surface area contributed by atoms with Crippen LogP contribution in [0.3, 0.4) is 0 Å². The molecule has 0 aromatic heterocycles. The van der Waals surface area contributed by atoms with E-state index in [4.69, 9.17) is 15.6 Å². The van der Waals surface area contributed by atoms with Crippen molar-refractivity contribution in [1.29, 1.82) is 0 Å². The molecule has 3 N–H and O–H groups in total. The molecule has 3 nitrogen and oxygen atoms in total. The van der Waals surface area contributed by atoms with Crippen LogP contribution in [0.2, 0.25) is 0 Å². The second-order valence-corrected chi connectivity index (χ2v) is 5.50. The van der Waals surface area contributed by atoms with Crippen LogP contribution in [0.1, 0.15) is 37.3 Å². The van der Waals surface area contributed by atoms with Crippen molar-refractivity contribution in [2.75, 3.05) is 6.54 Å². The summed E-state index contributed by atoms with van der Waals surface area (Å²) in [7, 11) is 0. The van der Waals surface area contributed by atoms with E-state index in [0.29, 0.717) is 19.1 Å². The fourth-order valence-corrected chi connectivity index (χ4v) is 2.70. The van der Waals surface area contributed by atoms with Crippen molar-refractivity contribution in [3.05, 3.63) is 35.4 Å². The van der Waals surface area contributed by atoms with Crippen molar-refractivity contribution in [2.45, 2.75) is 45.0 Å². The Bertz CT molecular complexity index is 377. The third-order valence-electron chi connectivity index (χ3n) is 3.94. The molecule has 1 saturated carbocycles. The first-order valence-corrected chi connectivity index (χ1v) is 6.70. The standard InChI is InChI=1S/C15H23NO2/c1-12-6-7-15(8-12,11-16)18-10-14-4-2-13(9-17)3-5-14/h2-5,12,17H,6-11,16H2,1H3. The van der Waals surface area contributed by atoms with Gasteiger partial charge in [-0.15, -0.1) is 0 Å². The van der Waals surface area contributed by atoms with E-state index < -0.39 is 0 Å². The average molecular weight is 249 g/mol. The van der Waals surface area contributed by atoms with Gasteiger partial charge >= 0.3 is 0 Å². The molecule has 2 unspecified atom stereocenters. The van der Waals surface area contributed by atoms with Crippen molar-refractivity contribution >= 4 is 0 Å². The van der Waals surface area contributed by atoms with E-state index >= 15 is 0 Å². The summed E-state index contributed by atoms with van der Waals surface area (Å²) in [6.07, 6.45) is 3.35. The number of hydrogen-bond donors (Lipinski definition) is 2. The van der Waals surface area contributed by atoms with E-state index in [1.807, 2.05) is 24.3 Å². The molecule has 1 aliphatic rings. The van der Waals surface area contributed by atoms with E-state index in [1.165, 1.54) is 6.42 Å². The van der Waals surface area contributed by atoms with Gasteiger partial charge in [-0.1, -0.05) is 31.2 Å². The summed E-state index contributed by atoms with van der Waals surface area (Å²) >= 11 is 0. The summed E-state index contributed by atoms with van der Waals surface area (Å²) < 4.78 is 6.08. The predicted molar refractivity (Wildman–Crippen MR) is 72.0 cm³/mol. The van der Waals surface area contributed by atoms with Crippen LogP contribution in [0.25, 0.3) is 0 Å². The molecule has 2 rings (SSSR count). The quantitative estimate of drug-likeness (QED) is 0.841. The normalized spacial score (nSPS) is 27.6. The summed E-state index contributed by atoms with van der Waals surface area (Å²) in [6, 6.07) is 7.89. The summed E-state index contributed by atoms with van der Waals surface area (Å²) in [5, 5.41) is 8.99. The number of aliphatic hydroxyl groups excluding tert-OH is 1. The van der Waals surface area contributed by atoms with Crippen LogP contribution >= 0.6 is 0 Å². The molecule has 18 heavy (non-hydrogen) atoms. The van der Waals surface area contributed by atoms with Gasteiger partial charge in [-0.3, -0.25) is 0 Å². The van der Waals surface area contributed by atoms with Crippen LogP contribution in [-0.2, 0) is 18.0 Å². The van der Waals surface area contributed by atoms with E-state index in [0.717, 1.165) is 24.0 Å². The molecule has 1 fully saturated rings. The van der Waals surface area contributed by atoms with Crippen LogP contribution in [0.15, 0.2) is 24.3 Å². The first-order valence-electron chi connectivity index (χ1n) is 6.70. The molecular weight excluding hydrogens is 226 g/mol. The maximum atomic E-state index is 8.99. The highest BCUT2D eigenvalue weighted by Gasteiger charge is 2.37. The van der Waals surface area contributed by atoms with Gasteiger partial charge in [0.15, 0.2) is 0 Å². The van der Waals surface area contributed by atoms with Crippen molar-refractivity contribution in [3.63, 3.8) is 0 Å². The first-order chi connectivity index (χ1) is 8.67. The first kappa shape index (κ1) is 13.5. The van der Waals surface area contributed by atoms with E-state index in [2.05, 4.69) is 6.92 Å². The summed E-state index contributed by atoms with van der Waals surface area (Å²) in [6.45, 7) is 3.56. The van der Waals surface area contributed by atoms with E-state index in [1.54, 1.807) is 0 Å². The third kappa shape index (κ3) is 3.10. The number of benzene rings is 1. The number of hydrogen-bond acceptors (Lipinski definition) is 3. The summed E-state index contributed by atoms with van der Waals surface area (Å²) in [5.74, 6) is 0.713. The number of ether oxygens (including phenoxy) is 1. The largest absolute Gasteiger partial charge is 0.392 e. The van der Waals surface area contributed by atoms with Gasteiger partial charge in [-0.2, -0.15) is 0 Å². The smallest absolute Gasteiger partial charge is 0.0811 e. The van der Waals surface area contributed by atoms with Crippen molar-refractivity contribution in [1.82, 2.24) is 0 Å². The molecule has 0 bridgehead atoms. The fourth-order valence-electron chi connectivity index (χ4n) is 2.70. The van der Waals surface area contributed by atoms with Gasteiger partial charge in [-0.05, 0) is 36.3 Å². The zero-order chi connectivity index (χ0) is 13.0. The topological polar surface area (TPSA) is 55.5 Å². The minimum absolute atomic E-state index is 0.0887. The van der Waals surface area contributed by atoms with Crippen molar-refractivity contribution in [3.8, 4) is 0 Å². The highest BCUT2D eigenvalue weighted by Crippen LogP contribution is 2.37. The number of nitrogens with two attached hydrogens (primary N) is 1. The van der Waals surface area contributed by atoms with Gasteiger partial charge < -0.3 is 15.6 Å². The Balaban J connectivity index is 1.93. The number of rotatable bonds is 5. The molecule has 0 spiro atoms. The second kappa shape index (κ2) is 5.83. The second-order valence-electron chi connectivity index (χ2n) is 5.50. The van der Waals surface area contributed by atoms with Gasteiger partial charge in [-0.25, -0.2) is 0 Å². The fraction of sp³-hybridized carbons (Fsp3) is 0.600. The Kier molecular flexibility index (Phi) is 4.38. The molecule has 1 aromatic rings. The minimum atomic E-state index is -0.116. The molecule has 0 aliphatic heterocycles. The minimum Gasteiger partial charge on any atom is -0.392 e. The zero-order valence-corrected chi connectivity index (χ0v) is 11.1. The third-order valence-corrected chi connectivity index (χ3v) is 3.94. The average Bonchev–Trinajstić information content (AvgIpc) is 2.79. The van der Waals surface area contributed by atoms with Gasteiger partial charge in [0.2, 0.25) is 0 Å². The van der Waals surface area contributed by atoms with Crippen LogP contribution in [0, 0.1) is 5.92 Å². The van der Waals surface area contributed by atoms with Crippen LogP contribution in [-0.4, -0.2) is 17.3 Å². The maximum absolute atomic E-state index is 8.99. The van der Waals surface area contributed by atoms with Crippen LogP contribution in [0.5, 0.6) is 0 Å². The Hall–Kier alpha value is -0.900. The monoisotopic (exact) mass is 249 g/mol. The van der Waals surface area contributed by atoms with E-state index in [-0.39, 0.29) is 12.2 Å². The molecular formula is C15H23NO2. The molecule has 0 radical (unpaired) electrons. The van der Waals surface area contributed by atoms with Crippen molar-refractivity contribution < 1.29 is 9.84 Å². The zero-order valence-electron chi connectivity index (χ0n) is 11.1. The Morgan fingerprint density at radius 2 is 2.00 bits per heavy atom. The lowest BCUT2D eigenvalue weighted by Gasteiger charge is -2.28. The van der Waals surface area contributed by atoms with Crippen LogP contribution < -0.4 is 5.73 Å². The molecule has 1 aromatic carbocycles. The predicted octanol–water partition coefficient (Wildman–Crippen LogP) is 2.21. The SMILES string of the molecule is CC1CCC(CN)(OCc2ccc(CO)cc2)C1.